The van der Waals surface area contributed by atoms with Gasteiger partial charge in [-0.2, -0.15) is 0 Å². The molecule has 0 amide bonds. The lowest BCUT2D eigenvalue weighted by Gasteiger charge is -2.10. The Bertz CT molecular complexity index is 966. The van der Waals surface area contributed by atoms with Crippen LogP contribution in [0, 0.1) is 6.92 Å². The van der Waals surface area contributed by atoms with Crippen LogP contribution in [0.5, 0.6) is 0 Å². The predicted molar refractivity (Wildman–Crippen MR) is 100.0 cm³/mol. The van der Waals surface area contributed by atoms with Gasteiger partial charge >= 0.3 is 0 Å². The molecule has 0 fully saturated rings. The normalized spacial score (nSPS) is 12.2. The standard InChI is InChI=1S/C19H20F2N6/c1-11(2)13(4)27-10-17(25-26-27)14-7-12(3)8-15(9-14)23-19-22-6-5-16(24-19)18(20)21/h5-10,13,18H,1H2,2-4H3,(H,22,23,24). The lowest BCUT2D eigenvalue weighted by molar-refractivity contribution is 0.146. The lowest BCUT2D eigenvalue weighted by Crippen LogP contribution is -2.06. The Morgan fingerprint density at radius 2 is 2.04 bits per heavy atom. The van der Waals surface area contributed by atoms with Crippen molar-refractivity contribution in [3.63, 3.8) is 0 Å². The van der Waals surface area contributed by atoms with E-state index < -0.39 is 6.43 Å². The van der Waals surface area contributed by atoms with E-state index in [4.69, 9.17) is 0 Å². The first-order chi connectivity index (χ1) is 12.8. The Kier molecular flexibility index (Phi) is 5.25. The highest BCUT2D eigenvalue weighted by atomic mass is 19.3. The Hall–Kier alpha value is -3.16. The number of aromatic nitrogens is 5. The summed E-state index contributed by atoms with van der Waals surface area (Å²) in [5.41, 5.74) is 3.87. The minimum atomic E-state index is -2.65. The number of nitrogens with zero attached hydrogens (tertiary/aromatic N) is 5. The highest BCUT2D eigenvalue weighted by Crippen LogP contribution is 2.26. The molecule has 1 atom stereocenters. The number of aryl methyl sites for hydroxylation is 1. The Morgan fingerprint density at radius 3 is 2.74 bits per heavy atom. The van der Waals surface area contributed by atoms with Gasteiger partial charge in [0.1, 0.15) is 11.4 Å². The summed E-state index contributed by atoms with van der Waals surface area (Å²) in [6.07, 6.45) is 0.510. The highest BCUT2D eigenvalue weighted by molar-refractivity contribution is 5.68. The van der Waals surface area contributed by atoms with Gasteiger partial charge < -0.3 is 5.32 Å². The van der Waals surface area contributed by atoms with Crippen LogP contribution in [0.1, 0.15) is 37.6 Å². The number of alkyl halides is 2. The zero-order valence-corrected chi connectivity index (χ0v) is 15.3. The number of rotatable bonds is 6. The van der Waals surface area contributed by atoms with Crippen LogP contribution in [0.25, 0.3) is 11.3 Å². The van der Waals surface area contributed by atoms with E-state index >= 15 is 0 Å². The van der Waals surface area contributed by atoms with Crippen molar-refractivity contribution >= 4 is 11.6 Å². The van der Waals surface area contributed by atoms with Gasteiger partial charge in [0, 0.05) is 17.4 Å². The molecule has 0 saturated carbocycles. The third-order valence-electron chi connectivity index (χ3n) is 4.15. The van der Waals surface area contributed by atoms with Gasteiger partial charge in [0.15, 0.2) is 0 Å². The number of halogens is 2. The SMILES string of the molecule is C=C(C)C(C)n1cc(-c2cc(C)cc(Nc3nccc(C(F)F)n3)c2)nn1. The third kappa shape index (κ3) is 4.33. The van der Waals surface area contributed by atoms with Crippen LogP contribution in [0.2, 0.25) is 0 Å². The molecule has 1 unspecified atom stereocenters. The molecule has 2 heterocycles. The smallest absolute Gasteiger partial charge is 0.280 e. The number of allylic oxidation sites excluding steroid dienone is 1. The fraction of sp³-hybridized carbons (Fsp3) is 0.263. The van der Waals surface area contributed by atoms with Gasteiger partial charge in [-0.15, -0.1) is 5.10 Å². The third-order valence-corrected chi connectivity index (χ3v) is 4.15. The number of hydrogen-bond acceptors (Lipinski definition) is 5. The zero-order valence-electron chi connectivity index (χ0n) is 15.3. The lowest BCUT2D eigenvalue weighted by atomic mass is 10.1. The average molecular weight is 370 g/mol. The quantitative estimate of drug-likeness (QED) is 0.628. The van der Waals surface area contributed by atoms with Crippen LogP contribution in [-0.2, 0) is 0 Å². The van der Waals surface area contributed by atoms with E-state index in [0.717, 1.165) is 16.7 Å². The fourth-order valence-electron chi connectivity index (χ4n) is 2.51. The fourth-order valence-corrected chi connectivity index (χ4v) is 2.51. The second-order valence-electron chi connectivity index (χ2n) is 6.42. The molecule has 8 heteroatoms. The summed E-state index contributed by atoms with van der Waals surface area (Å²) in [6, 6.07) is 6.94. The van der Waals surface area contributed by atoms with Crippen LogP contribution in [0.3, 0.4) is 0 Å². The van der Waals surface area contributed by atoms with Crippen LogP contribution in [0.15, 0.2) is 48.8 Å². The Labute approximate surface area is 156 Å². The van der Waals surface area contributed by atoms with E-state index in [1.165, 1.54) is 12.3 Å². The van der Waals surface area contributed by atoms with Crippen LogP contribution in [-0.4, -0.2) is 25.0 Å². The van der Waals surface area contributed by atoms with Crippen molar-refractivity contribution in [2.75, 3.05) is 5.32 Å². The molecule has 1 N–H and O–H groups in total. The Morgan fingerprint density at radius 1 is 1.26 bits per heavy atom. The van der Waals surface area contributed by atoms with Gasteiger partial charge in [-0.05, 0) is 50.6 Å². The van der Waals surface area contributed by atoms with Crippen LogP contribution >= 0.6 is 0 Å². The van der Waals surface area contributed by atoms with E-state index in [1.54, 1.807) is 4.68 Å². The largest absolute Gasteiger partial charge is 0.324 e. The summed E-state index contributed by atoms with van der Waals surface area (Å²) in [6.45, 7) is 9.81. The van der Waals surface area contributed by atoms with Crippen molar-refractivity contribution in [2.45, 2.75) is 33.2 Å². The van der Waals surface area contributed by atoms with Crippen molar-refractivity contribution in [2.24, 2.45) is 0 Å². The van der Waals surface area contributed by atoms with E-state index in [2.05, 4.69) is 32.2 Å². The van der Waals surface area contributed by atoms with Gasteiger partial charge in [-0.1, -0.05) is 17.4 Å². The number of anilines is 2. The monoisotopic (exact) mass is 370 g/mol. The van der Waals surface area contributed by atoms with E-state index in [9.17, 15) is 8.78 Å². The molecular formula is C19H20F2N6. The predicted octanol–water partition coefficient (Wildman–Crippen LogP) is 4.86. The summed E-state index contributed by atoms with van der Waals surface area (Å²) < 4.78 is 27.4. The molecule has 2 aromatic heterocycles. The zero-order chi connectivity index (χ0) is 19.6. The molecule has 0 bridgehead atoms. The highest BCUT2D eigenvalue weighted by Gasteiger charge is 2.12. The maximum Gasteiger partial charge on any atom is 0.280 e. The van der Waals surface area contributed by atoms with Gasteiger partial charge in [-0.25, -0.2) is 23.4 Å². The molecule has 6 nitrogen and oxygen atoms in total. The Balaban J connectivity index is 1.89. The molecule has 0 aliphatic carbocycles. The summed E-state index contributed by atoms with van der Waals surface area (Å²) in [4.78, 5) is 7.83. The molecule has 0 aliphatic heterocycles. The van der Waals surface area contributed by atoms with Gasteiger partial charge in [0.25, 0.3) is 6.43 Å². The average Bonchev–Trinajstić information content (AvgIpc) is 3.10. The first-order valence-corrected chi connectivity index (χ1v) is 8.41. The maximum atomic E-state index is 12.8. The first kappa shape index (κ1) is 18.6. The van der Waals surface area contributed by atoms with Gasteiger partial charge in [0.05, 0.1) is 12.2 Å². The summed E-state index contributed by atoms with van der Waals surface area (Å²) >= 11 is 0. The van der Waals surface area contributed by atoms with E-state index in [0.29, 0.717) is 11.4 Å². The molecular weight excluding hydrogens is 350 g/mol. The van der Waals surface area contributed by atoms with Crippen molar-refractivity contribution < 1.29 is 8.78 Å². The van der Waals surface area contributed by atoms with Crippen molar-refractivity contribution in [1.82, 2.24) is 25.0 Å². The van der Waals surface area contributed by atoms with Crippen LogP contribution < -0.4 is 5.32 Å². The van der Waals surface area contributed by atoms with Crippen molar-refractivity contribution in [1.29, 1.82) is 0 Å². The van der Waals surface area contributed by atoms with Crippen molar-refractivity contribution in [3.05, 3.63) is 60.1 Å². The number of nitrogens with one attached hydrogen (secondary N) is 1. The summed E-state index contributed by atoms with van der Waals surface area (Å²) in [5.74, 6) is 0.115. The molecule has 3 aromatic rings. The van der Waals surface area contributed by atoms with Crippen LogP contribution in [0.4, 0.5) is 20.4 Å². The number of benzene rings is 1. The second kappa shape index (κ2) is 7.61. The van der Waals surface area contributed by atoms with E-state index in [-0.39, 0.29) is 17.7 Å². The topological polar surface area (TPSA) is 68.5 Å². The van der Waals surface area contributed by atoms with Gasteiger partial charge in [-0.3, -0.25) is 0 Å². The molecule has 0 spiro atoms. The molecule has 0 radical (unpaired) electrons. The molecule has 1 aromatic carbocycles. The van der Waals surface area contributed by atoms with E-state index in [1.807, 2.05) is 45.2 Å². The minimum Gasteiger partial charge on any atom is -0.324 e. The van der Waals surface area contributed by atoms with Gasteiger partial charge in [0.2, 0.25) is 5.95 Å². The molecule has 140 valence electrons. The minimum absolute atomic E-state index is 0.0409. The molecule has 3 rings (SSSR count). The van der Waals surface area contributed by atoms with Crippen molar-refractivity contribution in [3.8, 4) is 11.3 Å². The molecule has 27 heavy (non-hydrogen) atoms. The maximum absolute atomic E-state index is 12.8. The first-order valence-electron chi connectivity index (χ1n) is 8.41. The summed E-state index contributed by atoms with van der Waals surface area (Å²) in [7, 11) is 0. The molecule has 0 aliphatic rings. The summed E-state index contributed by atoms with van der Waals surface area (Å²) in [5, 5.41) is 11.4. The number of hydrogen-bond donors (Lipinski definition) is 1. The molecule has 0 saturated heterocycles. The second-order valence-corrected chi connectivity index (χ2v) is 6.42.